The van der Waals surface area contributed by atoms with Crippen molar-refractivity contribution in [3.8, 4) is 5.75 Å². The number of aryl methyl sites for hydroxylation is 1. The quantitative estimate of drug-likeness (QED) is 0.559. The number of aromatic nitrogens is 2. The van der Waals surface area contributed by atoms with E-state index in [2.05, 4.69) is 5.10 Å². The number of benzene rings is 2. The second-order valence-corrected chi connectivity index (χ2v) is 9.19. The minimum Gasteiger partial charge on any atom is -0.490 e. The zero-order valence-electron chi connectivity index (χ0n) is 17.1. The molecule has 0 spiro atoms. The smallest absolute Gasteiger partial charge is 0.243 e. The van der Waals surface area contributed by atoms with Gasteiger partial charge in [0.2, 0.25) is 10.0 Å². The van der Waals surface area contributed by atoms with Crippen molar-refractivity contribution in [2.45, 2.75) is 17.4 Å². The summed E-state index contributed by atoms with van der Waals surface area (Å²) in [6.45, 7) is 1.07. The van der Waals surface area contributed by atoms with E-state index >= 15 is 0 Å². The van der Waals surface area contributed by atoms with E-state index < -0.39 is 21.9 Å². The monoisotopic (exact) mass is 445 g/mol. The van der Waals surface area contributed by atoms with Gasteiger partial charge in [0.25, 0.3) is 0 Å². The highest BCUT2D eigenvalue weighted by Crippen LogP contribution is 2.26. The van der Waals surface area contributed by atoms with Gasteiger partial charge in [-0.05, 0) is 30.3 Å². The van der Waals surface area contributed by atoms with Crippen LogP contribution in [0.1, 0.15) is 17.5 Å². The third-order valence-corrected chi connectivity index (χ3v) is 7.07. The Balaban J connectivity index is 1.42. The molecule has 7 nitrogen and oxygen atoms in total. The molecule has 0 unspecified atom stereocenters. The van der Waals surface area contributed by atoms with Gasteiger partial charge in [-0.15, -0.1) is 0 Å². The van der Waals surface area contributed by atoms with Gasteiger partial charge < -0.3 is 9.47 Å². The van der Waals surface area contributed by atoms with Crippen LogP contribution >= 0.6 is 0 Å². The molecule has 164 valence electrons. The number of ether oxygens (including phenoxy) is 2. The highest BCUT2D eigenvalue weighted by atomic mass is 32.2. The fourth-order valence-electron chi connectivity index (χ4n) is 3.51. The highest BCUT2D eigenvalue weighted by Gasteiger charge is 2.32. The normalized spacial score (nSPS) is 17.5. The Labute approximate surface area is 181 Å². The standard InChI is InChI=1S/C22H24FN3O4S/c1-25-17(11-13-29-21-10-6-5-9-19(21)23)15-20(24-25)22-16-26(12-14-30-22)31(27,28)18-7-3-2-4-8-18/h2-10,15,22H,11-14,16H2,1H3/t22-/m0/s1. The van der Waals surface area contributed by atoms with Gasteiger partial charge in [-0.25, -0.2) is 12.8 Å². The summed E-state index contributed by atoms with van der Waals surface area (Å²) in [5.74, 6) is -0.189. The molecular formula is C22H24FN3O4S. The van der Waals surface area contributed by atoms with Gasteiger partial charge in [0.1, 0.15) is 6.10 Å². The number of morpholine rings is 1. The molecule has 0 N–H and O–H groups in total. The van der Waals surface area contributed by atoms with E-state index in [0.717, 1.165) is 5.69 Å². The van der Waals surface area contributed by atoms with Crippen molar-refractivity contribution in [2.24, 2.45) is 7.05 Å². The van der Waals surface area contributed by atoms with E-state index in [0.29, 0.717) is 31.9 Å². The maximum absolute atomic E-state index is 13.7. The summed E-state index contributed by atoms with van der Waals surface area (Å²) in [7, 11) is -1.78. The van der Waals surface area contributed by atoms with Gasteiger partial charge >= 0.3 is 0 Å². The molecule has 0 bridgehead atoms. The summed E-state index contributed by atoms with van der Waals surface area (Å²) in [6.07, 6.45) is 0.0658. The molecule has 1 fully saturated rings. The third-order valence-electron chi connectivity index (χ3n) is 5.19. The number of rotatable bonds is 7. The number of nitrogens with zero attached hydrogens (tertiary/aromatic N) is 3. The number of halogens is 1. The van der Waals surface area contributed by atoms with Crippen LogP contribution in [0.2, 0.25) is 0 Å². The van der Waals surface area contributed by atoms with Crippen LogP contribution in [0.25, 0.3) is 0 Å². The summed E-state index contributed by atoms with van der Waals surface area (Å²) in [5, 5.41) is 4.51. The van der Waals surface area contributed by atoms with Crippen molar-refractivity contribution in [1.82, 2.24) is 14.1 Å². The Morgan fingerprint density at radius 1 is 1.16 bits per heavy atom. The SMILES string of the molecule is Cn1nc([C@@H]2CN(S(=O)(=O)c3ccccc3)CCO2)cc1CCOc1ccccc1F. The third kappa shape index (κ3) is 4.79. The summed E-state index contributed by atoms with van der Waals surface area (Å²) in [5.41, 5.74) is 1.55. The Hall–Kier alpha value is -2.75. The topological polar surface area (TPSA) is 73.7 Å². The lowest BCUT2D eigenvalue weighted by molar-refractivity contribution is -0.00520. The summed E-state index contributed by atoms with van der Waals surface area (Å²) < 4.78 is 54.1. The molecule has 1 saturated heterocycles. The molecule has 0 amide bonds. The van der Waals surface area contributed by atoms with Gasteiger partial charge in [-0.2, -0.15) is 9.40 Å². The first kappa shape index (κ1) is 21.5. The zero-order valence-corrected chi connectivity index (χ0v) is 18.0. The minimum atomic E-state index is -3.59. The van der Waals surface area contributed by atoms with Crippen LogP contribution in [0.3, 0.4) is 0 Å². The largest absolute Gasteiger partial charge is 0.490 e. The van der Waals surface area contributed by atoms with Crippen molar-refractivity contribution in [3.05, 3.63) is 77.9 Å². The van der Waals surface area contributed by atoms with E-state index in [1.54, 1.807) is 53.2 Å². The van der Waals surface area contributed by atoms with E-state index in [-0.39, 0.29) is 17.2 Å². The van der Waals surface area contributed by atoms with Crippen LogP contribution in [0.5, 0.6) is 5.75 Å². The lowest BCUT2D eigenvalue weighted by Crippen LogP contribution is -2.42. The molecule has 1 atom stereocenters. The molecule has 0 saturated carbocycles. The van der Waals surface area contributed by atoms with Gasteiger partial charge in [0.15, 0.2) is 11.6 Å². The second kappa shape index (κ2) is 9.17. The van der Waals surface area contributed by atoms with Crippen molar-refractivity contribution >= 4 is 10.0 Å². The van der Waals surface area contributed by atoms with Crippen molar-refractivity contribution in [1.29, 1.82) is 0 Å². The minimum absolute atomic E-state index is 0.194. The maximum Gasteiger partial charge on any atom is 0.243 e. The Kier molecular flexibility index (Phi) is 6.35. The first-order valence-electron chi connectivity index (χ1n) is 10.0. The van der Waals surface area contributed by atoms with E-state index in [4.69, 9.17) is 9.47 Å². The van der Waals surface area contributed by atoms with Crippen LogP contribution in [-0.2, 0) is 28.2 Å². The van der Waals surface area contributed by atoms with Gasteiger partial charge in [0.05, 0.1) is 23.8 Å². The average molecular weight is 446 g/mol. The number of sulfonamides is 1. The number of hydrogen-bond donors (Lipinski definition) is 0. The molecule has 2 aromatic carbocycles. The van der Waals surface area contributed by atoms with Crippen LogP contribution in [-0.4, -0.2) is 48.8 Å². The lowest BCUT2D eigenvalue weighted by atomic mass is 10.2. The number of hydrogen-bond acceptors (Lipinski definition) is 5. The van der Waals surface area contributed by atoms with Crippen molar-refractivity contribution < 1.29 is 22.3 Å². The molecule has 4 rings (SSSR count). The van der Waals surface area contributed by atoms with E-state index in [1.165, 1.54) is 10.4 Å². The van der Waals surface area contributed by atoms with Gasteiger partial charge in [-0.1, -0.05) is 30.3 Å². The molecule has 9 heteroatoms. The fraction of sp³-hybridized carbons (Fsp3) is 0.318. The predicted octanol–water partition coefficient (Wildman–Crippen LogP) is 2.94. The lowest BCUT2D eigenvalue weighted by Gasteiger charge is -2.31. The van der Waals surface area contributed by atoms with Crippen LogP contribution < -0.4 is 4.74 Å². The molecule has 1 aliphatic heterocycles. The summed E-state index contributed by atoms with van der Waals surface area (Å²) in [6, 6.07) is 16.5. The van der Waals surface area contributed by atoms with Gasteiger partial charge in [-0.3, -0.25) is 4.68 Å². The molecule has 3 aromatic rings. The molecule has 0 aliphatic carbocycles. The number of para-hydroxylation sites is 1. The van der Waals surface area contributed by atoms with Crippen LogP contribution in [0, 0.1) is 5.82 Å². The summed E-state index contributed by atoms with van der Waals surface area (Å²) in [4.78, 5) is 0.266. The molecule has 0 radical (unpaired) electrons. The Morgan fingerprint density at radius 3 is 2.68 bits per heavy atom. The fourth-order valence-corrected chi connectivity index (χ4v) is 4.96. The van der Waals surface area contributed by atoms with Crippen LogP contribution in [0.15, 0.2) is 65.6 Å². The molecule has 31 heavy (non-hydrogen) atoms. The Morgan fingerprint density at radius 2 is 1.90 bits per heavy atom. The first-order chi connectivity index (χ1) is 14.9. The average Bonchev–Trinajstić information content (AvgIpc) is 3.16. The predicted molar refractivity (Wildman–Crippen MR) is 113 cm³/mol. The second-order valence-electron chi connectivity index (χ2n) is 7.25. The highest BCUT2D eigenvalue weighted by molar-refractivity contribution is 7.89. The van der Waals surface area contributed by atoms with Crippen LogP contribution in [0.4, 0.5) is 4.39 Å². The van der Waals surface area contributed by atoms with E-state index in [1.807, 2.05) is 13.1 Å². The first-order valence-corrected chi connectivity index (χ1v) is 11.5. The Bertz CT molecular complexity index is 1130. The molecular weight excluding hydrogens is 421 g/mol. The van der Waals surface area contributed by atoms with Gasteiger partial charge in [0, 0.05) is 32.3 Å². The molecule has 2 heterocycles. The van der Waals surface area contributed by atoms with Crippen molar-refractivity contribution in [3.63, 3.8) is 0 Å². The van der Waals surface area contributed by atoms with E-state index in [9.17, 15) is 12.8 Å². The molecule has 1 aromatic heterocycles. The zero-order chi connectivity index (χ0) is 21.8. The molecule has 1 aliphatic rings. The summed E-state index contributed by atoms with van der Waals surface area (Å²) >= 11 is 0. The maximum atomic E-state index is 13.7. The van der Waals surface area contributed by atoms with Crippen molar-refractivity contribution in [2.75, 3.05) is 26.3 Å².